The molecule has 1 aliphatic rings. The first-order chi connectivity index (χ1) is 9.31. The van der Waals surface area contributed by atoms with Crippen molar-refractivity contribution in [1.29, 1.82) is 0 Å². The molecule has 2 aromatic rings. The summed E-state index contributed by atoms with van der Waals surface area (Å²) in [4.78, 5) is 10.8. The lowest BCUT2D eigenvalue weighted by molar-refractivity contribution is 0.976. The third-order valence-corrected chi connectivity index (χ3v) is 5.27. The van der Waals surface area contributed by atoms with Crippen LogP contribution in [0, 0.1) is 0 Å². The van der Waals surface area contributed by atoms with Gasteiger partial charge in [-0.05, 0) is 25.7 Å². The molecule has 0 unspecified atom stereocenters. The zero-order valence-electron chi connectivity index (χ0n) is 11.4. The summed E-state index contributed by atoms with van der Waals surface area (Å²) < 4.78 is 0. The van der Waals surface area contributed by atoms with E-state index in [1.807, 2.05) is 11.3 Å². The third-order valence-electron chi connectivity index (χ3n) is 3.23. The lowest BCUT2D eigenvalue weighted by Gasteiger charge is -1.98. The summed E-state index contributed by atoms with van der Waals surface area (Å²) in [6.07, 6.45) is 4.74. The van der Waals surface area contributed by atoms with E-state index in [0.29, 0.717) is 5.92 Å². The molecule has 2 heterocycles. The first-order valence-corrected chi connectivity index (χ1v) is 8.70. The fourth-order valence-electron chi connectivity index (χ4n) is 2.04. The fraction of sp³-hybridized carbons (Fsp3) is 0.571. The van der Waals surface area contributed by atoms with Crippen molar-refractivity contribution in [2.24, 2.45) is 0 Å². The van der Waals surface area contributed by atoms with Crippen molar-refractivity contribution >= 4 is 27.8 Å². The summed E-state index contributed by atoms with van der Waals surface area (Å²) in [6.45, 7) is 5.34. The first kappa shape index (κ1) is 13.1. The van der Waals surface area contributed by atoms with E-state index in [1.165, 1.54) is 28.4 Å². The number of anilines is 1. The Labute approximate surface area is 122 Å². The van der Waals surface area contributed by atoms with Crippen LogP contribution in [-0.4, -0.2) is 16.5 Å². The van der Waals surface area contributed by atoms with Crippen LogP contribution in [0.25, 0.3) is 10.6 Å². The van der Waals surface area contributed by atoms with Gasteiger partial charge >= 0.3 is 0 Å². The van der Waals surface area contributed by atoms with Crippen LogP contribution in [-0.2, 0) is 6.42 Å². The number of nitrogens with zero attached hydrogens (tertiary/aromatic N) is 2. The lowest BCUT2D eigenvalue weighted by atomic mass is 10.2. The molecule has 0 radical (unpaired) electrons. The van der Waals surface area contributed by atoms with E-state index >= 15 is 0 Å². The Morgan fingerprint density at radius 2 is 2.16 bits per heavy atom. The molecule has 1 saturated carbocycles. The Balaban J connectivity index is 1.87. The Kier molecular flexibility index (Phi) is 3.84. The maximum atomic E-state index is 4.80. The van der Waals surface area contributed by atoms with Gasteiger partial charge in [0.15, 0.2) is 5.13 Å². The van der Waals surface area contributed by atoms with E-state index < -0.39 is 0 Å². The molecule has 0 aliphatic heterocycles. The van der Waals surface area contributed by atoms with Gasteiger partial charge in [-0.25, -0.2) is 9.97 Å². The smallest absolute Gasteiger partial charge is 0.183 e. The SMILES string of the molecule is CCCNc1nc(-c2sc(CC)nc2C2CC2)cs1. The predicted octanol–water partition coefficient (Wildman–Crippen LogP) is 4.53. The number of rotatable bonds is 6. The van der Waals surface area contributed by atoms with Crippen LogP contribution in [0.1, 0.15) is 49.7 Å². The van der Waals surface area contributed by atoms with E-state index in [0.717, 1.165) is 30.2 Å². The van der Waals surface area contributed by atoms with Gasteiger partial charge in [0.1, 0.15) is 0 Å². The van der Waals surface area contributed by atoms with E-state index in [9.17, 15) is 0 Å². The molecule has 3 rings (SSSR count). The third kappa shape index (κ3) is 2.82. The monoisotopic (exact) mass is 293 g/mol. The van der Waals surface area contributed by atoms with Crippen LogP contribution in [0.4, 0.5) is 5.13 Å². The van der Waals surface area contributed by atoms with Gasteiger partial charge in [-0.3, -0.25) is 0 Å². The fourth-order valence-corrected chi connectivity index (χ4v) is 3.89. The van der Waals surface area contributed by atoms with Gasteiger partial charge in [-0.15, -0.1) is 22.7 Å². The minimum absolute atomic E-state index is 0.695. The quantitative estimate of drug-likeness (QED) is 0.850. The molecule has 19 heavy (non-hydrogen) atoms. The highest BCUT2D eigenvalue weighted by atomic mass is 32.1. The topological polar surface area (TPSA) is 37.8 Å². The van der Waals surface area contributed by atoms with Crippen LogP contribution in [0.3, 0.4) is 0 Å². The summed E-state index contributed by atoms with van der Waals surface area (Å²) in [6, 6.07) is 0. The molecule has 1 N–H and O–H groups in total. The predicted molar refractivity (Wildman–Crippen MR) is 83.4 cm³/mol. The molecule has 1 aliphatic carbocycles. The number of hydrogen-bond acceptors (Lipinski definition) is 5. The van der Waals surface area contributed by atoms with Gasteiger partial charge in [0.2, 0.25) is 0 Å². The molecule has 0 amide bonds. The second-order valence-electron chi connectivity index (χ2n) is 4.91. The standard InChI is InChI=1S/C14H19N3S2/c1-3-7-15-14-16-10(8-18-14)13-12(9-5-6-9)17-11(4-2)19-13/h8-9H,3-7H2,1-2H3,(H,15,16). The van der Waals surface area contributed by atoms with Crippen molar-refractivity contribution in [2.75, 3.05) is 11.9 Å². The van der Waals surface area contributed by atoms with Crippen molar-refractivity contribution in [3.05, 3.63) is 16.1 Å². The highest BCUT2D eigenvalue weighted by Gasteiger charge is 2.30. The second-order valence-corrected chi connectivity index (χ2v) is 6.86. The highest BCUT2D eigenvalue weighted by Crippen LogP contribution is 2.46. The lowest BCUT2D eigenvalue weighted by Crippen LogP contribution is -1.98. The van der Waals surface area contributed by atoms with Gasteiger partial charge in [0, 0.05) is 17.8 Å². The summed E-state index contributed by atoms with van der Waals surface area (Å²) in [5.74, 6) is 0.695. The van der Waals surface area contributed by atoms with Crippen molar-refractivity contribution < 1.29 is 0 Å². The number of nitrogens with one attached hydrogen (secondary N) is 1. The molecule has 2 aromatic heterocycles. The zero-order valence-corrected chi connectivity index (χ0v) is 13.0. The highest BCUT2D eigenvalue weighted by molar-refractivity contribution is 7.16. The molecule has 5 heteroatoms. The van der Waals surface area contributed by atoms with E-state index in [4.69, 9.17) is 9.97 Å². The van der Waals surface area contributed by atoms with Crippen molar-refractivity contribution in [3.63, 3.8) is 0 Å². The summed E-state index contributed by atoms with van der Waals surface area (Å²) in [5.41, 5.74) is 2.41. The Hall–Kier alpha value is -0.940. The van der Waals surface area contributed by atoms with Crippen LogP contribution in [0.2, 0.25) is 0 Å². The Morgan fingerprint density at radius 3 is 2.84 bits per heavy atom. The first-order valence-electron chi connectivity index (χ1n) is 7.01. The Bertz CT molecular complexity index is 555. The normalized spacial score (nSPS) is 14.8. The van der Waals surface area contributed by atoms with Crippen molar-refractivity contribution in [3.8, 4) is 10.6 Å². The van der Waals surface area contributed by atoms with E-state index in [1.54, 1.807) is 11.3 Å². The van der Waals surface area contributed by atoms with Crippen molar-refractivity contribution in [1.82, 2.24) is 9.97 Å². The van der Waals surface area contributed by atoms with Crippen LogP contribution in [0.15, 0.2) is 5.38 Å². The Morgan fingerprint density at radius 1 is 1.32 bits per heavy atom. The molecular weight excluding hydrogens is 274 g/mol. The largest absolute Gasteiger partial charge is 0.362 e. The molecule has 102 valence electrons. The average molecular weight is 293 g/mol. The summed E-state index contributed by atoms with van der Waals surface area (Å²) in [7, 11) is 0. The van der Waals surface area contributed by atoms with Crippen molar-refractivity contribution in [2.45, 2.75) is 45.4 Å². The van der Waals surface area contributed by atoms with Gasteiger partial charge in [-0.1, -0.05) is 13.8 Å². The maximum Gasteiger partial charge on any atom is 0.183 e. The minimum Gasteiger partial charge on any atom is -0.362 e. The number of thiazole rings is 2. The molecular formula is C14H19N3S2. The average Bonchev–Trinajstić information content (AvgIpc) is 3.02. The maximum absolute atomic E-state index is 4.80. The molecule has 0 saturated heterocycles. The summed E-state index contributed by atoms with van der Waals surface area (Å²) in [5, 5.41) is 7.80. The summed E-state index contributed by atoms with van der Waals surface area (Å²) >= 11 is 3.52. The molecule has 0 bridgehead atoms. The van der Waals surface area contributed by atoms with Gasteiger partial charge < -0.3 is 5.32 Å². The van der Waals surface area contributed by atoms with Crippen LogP contribution < -0.4 is 5.32 Å². The van der Waals surface area contributed by atoms with E-state index in [2.05, 4.69) is 24.5 Å². The number of aromatic nitrogens is 2. The van der Waals surface area contributed by atoms with Crippen LogP contribution in [0.5, 0.6) is 0 Å². The number of aryl methyl sites for hydroxylation is 1. The molecule has 0 aromatic carbocycles. The van der Waals surface area contributed by atoms with Crippen LogP contribution >= 0.6 is 22.7 Å². The number of hydrogen-bond donors (Lipinski definition) is 1. The molecule has 1 fully saturated rings. The van der Waals surface area contributed by atoms with Gasteiger partial charge in [0.05, 0.1) is 21.3 Å². The van der Waals surface area contributed by atoms with Gasteiger partial charge in [-0.2, -0.15) is 0 Å². The molecule has 0 atom stereocenters. The zero-order chi connectivity index (χ0) is 13.2. The molecule has 0 spiro atoms. The minimum atomic E-state index is 0.695. The van der Waals surface area contributed by atoms with E-state index in [-0.39, 0.29) is 0 Å². The van der Waals surface area contributed by atoms with Gasteiger partial charge in [0.25, 0.3) is 0 Å². The second kappa shape index (κ2) is 5.59. The molecule has 3 nitrogen and oxygen atoms in total.